The van der Waals surface area contributed by atoms with Crippen LogP contribution in [-0.4, -0.2) is 65.7 Å². The Morgan fingerprint density at radius 3 is 2.54 bits per heavy atom. The number of halogens is 1. The van der Waals surface area contributed by atoms with E-state index < -0.39 is 0 Å². The van der Waals surface area contributed by atoms with E-state index in [1.165, 1.54) is 12.1 Å². The van der Waals surface area contributed by atoms with Gasteiger partial charge in [0.25, 0.3) is 0 Å². The summed E-state index contributed by atoms with van der Waals surface area (Å²) >= 11 is 0. The van der Waals surface area contributed by atoms with E-state index in [4.69, 9.17) is 4.74 Å². The zero-order valence-electron chi connectivity index (χ0n) is 13.9. The molecule has 1 aromatic rings. The molecule has 0 bridgehead atoms. The number of amides is 1. The van der Waals surface area contributed by atoms with Gasteiger partial charge in [0, 0.05) is 32.5 Å². The van der Waals surface area contributed by atoms with Gasteiger partial charge in [-0.15, -0.1) is 0 Å². The fraction of sp³-hybridized carbons (Fsp3) is 0.611. The third-order valence-electron chi connectivity index (χ3n) is 4.75. The van der Waals surface area contributed by atoms with Crippen LogP contribution in [0.1, 0.15) is 25.7 Å². The fourth-order valence-electron chi connectivity index (χ4n) is 3.39. The number of nitrogens with zero attached hydrogens (tertiary/aromatic N) is 2. The highest BCUT2D eigenvalue weighted by atomic mass is 19.1. The monoisotopic (exact) mass is 336 g/mol. The van der Waals surface area contributed by atoms with Crippen LogP contribution in [0.2, 0.25) is 0 Å². The summed E-state index contributed by atoms with van der Waals surface area (Å²) in [5.41, 5.74) is 0. The Labute approximate surface area is 142 Å². The molecule has 0 unspecified atom stereocenters. The molecule has 0 saturated carbocycles. The normalized spacial score (nSPS) is 23.2. The number of aliphatic hydroxyl groups is 1. The quantitative estimate of drug-likeness (QED) is 0.908. The molecule has 2 saturated heterocycles. The molecule has 5 nitrogen and oxygen atoms in total. The summed E-state index contributed by atoms with van der Waals surface area (Å²) in [5, 5.41) is 9.69. The largest absolute Gasteiger partial charge is 0.490 e. The molecule has 24 heavy (non-hydrogen) atoms. The van der Waals surface area contributed by atoms with Crippen LogP contribution in [-0.2, 0) is 4.79 Å². The van der Waals surface area contributed by atoms with Crippen molar-refractivity contribution in [2.75, 3.05) is 32.7 Å². The van der Waals surface area contributed by atoms with E-state index in [2.05, 4.69) is 0 Å². The van der Waals surface area contributed by atoms with Crippen LogP contribution in [0.25, 0.3) is 0 Å². The summed E-state index contributed by atoms with van der Waals surface area (Å²) in [5.74, 6) is 0.526. The Morgan fingerprint density at radius 2 is 1.88 bits per heavy atom. The summed E-state index contributed by atoms with van der Waals surface area (Å²) in [4.78, 5) is 16.3. The molecule has 1 amide bonds. The second kappa shape index (κ2) is 7.94. The molecule has 2 fully saturated rings. The molecular weight excluding hydrogens is 311 g/mol. The molecule has 2 heterocycles. The van der Waals surface area contributed by atoms with E-state index in [9.17, 15) is 14.3 Å². The third-order valence-corrected chi connectivity index (χ3v) is 4.75. The molecule has 0 aliphatic carbocycles. The first kappa shape index (κ1) is 17.2. The van der Waals surface area contributed by atoms with Crippen LogP contribution in [0.15, 0.2) is 24.3 Å². The molecular formula is C18H25FN2O3. The highest BCUT2D eigenvalue weighted by molar-refractivity contribution is 5.78. The van der Waals surface area contributed by atoms with Crippen LogP contribution < -0.4 is 4.74 Å². The number of hydrogen-bond donors (Lipinski definition) is 1. The molecule has 0 spiro atoms. The van der Waals surface area contributed by atoms with Gasteiger partial charge in [-0.05, 0) is 43.7 Å². The lowest BCUT2D eigenvalue weighted by Gasteiger charge is -2.35. The van der Waals surface area contributed by atoms with Gasteiger partial charge < -0.3 is 14.7 Å². The van der Waals surface area contributed by atoms with Gasteiger partial charge in [0.05, 0.1) is 12.6 Å². The molecule has 1 aromatic carbocycles. The van der Waals surface area contributed by atoms with E-state index in [-0.39, 0.29) is 23.9 Å². The number of likely N-dealkylation sites (tertiary alicyclic amines) is 2. The number of rotatable bonds is 4. The fourth-order valence-corrected chi connectivity index (χ4v) is 3.39. The van der Waals surface area contributed by atoms with Crippen LogP contribution in [0, 0.1) is 5.82 Å². The van der Waals surface area contributed by atoms with Gasteiger partial charge in [-0.3, -0.25) is 9.69 Å². The average molecular weight is 336 g/mol. The molecule has 0 aromatic heterocycles. The minimum atomic E-state index is -0.304. The number of hydrogen-bond acceptors (Lipinski definition) is 4. The Balaban J connectivity index is 1.42. The zero-order chi connectivity index (χ0) is 16.9. The SMILES string of the molecule is O=C(CN1CCC[C@H](O)C1)N1CCC(Oc2ccc(F)cc2)CC1. The third kappa shape index (κ3) is 4.68. The molecule has 132 valence electrons. The van der Waals surface area contributed by atoms with Crippen LogP contribution >= 0.6 is 0 Å². The van der Waals surface area contributed by atoms with E-state index >= 15 is 0 Å². The second-order valence-electron chi connectivity index (χ2n) is 6.68. The standard InChI is InChI=1S/C18H25FN2O3/c19-14-3-5-16(6-4-14)24-17-7-10-21(11-8-17)18(23)13-20-9-1-2-15(22)12-20/h3-6,15,17,22H,1-2,7-13H2/t15-/m0/s1. The second-order valence-corrected chi connectivity index (χ2v) is 6.68. The van der Waals surface area contributed by atoms with Crippen molar-refractivity contribution >= 4 is 5.91 Å². The van der Waals surface area contributed by atoms with Gasteiger partial charge in [0.2, 0.25) is 5.91 Å². The summed E-state index contributed by atoms with van der Waals surface area (Å²) < 4.78 is 18.8. The van der Waals surface area contributed by atoms with Gasteiger partial charge in [0.15, 0.2) is 0 Å². The molecule has 6 heteroatoms. The highest BCUT2D eigenvalue weighted by Crippen LogP contribution is 2.20. The summed E-state index contributed by atoms with van der Waals surface area (Å²) in [7, 11) is 0. The van der Waals surface area contributed by atoms with Crippen molar-refractivity contribution in [1.29, 1.82) is 0 Å². The molecule has 2 aliphatic rings. The topological polar surface area (TPSA) is 53.0 Å². The van der Waals surface area contributed by atoms with E-state index in [1.54, 1.807) is 12.1 Å². The van der Waals surface area contributed by atoms with Crippen molar-refractivity contribution in [2.24, 2.45) is 0 Å². The number of carbonyl (C=O) groups excluding carboxylic acids is 1. The number of carbonyl (C=O) groups is 1. The summed E-state index contributed by atoms with van der Waals surface area (Å²) in [6.45, 7) is 3.23. The minimum Gasteiger partial charge on any atom is -0.490 e. The van der Waals surface area contributed by atoms with E-state index in [0.717, 1.165) is 32.2 Å². The molecule has 1 atom stereocenters. The van der Waals surface area contributed by atoms with Crippen molar-refractivity contribution in [3.63, 3.8) is 0 Å². The van der Waals surface area contributed by atoms with Crippen LogP contribution in [0.4, 0.5) is 4.39 Å². The van der Waals surface area contributed by atoms with Crippen LogP contribution in [0.3, 0.4) is 0 Å². The lowest BCUT2D eigenvalue weighted by atomic mass is 10.1. The number of piperidine rings is 2. The smallest absolute Gasteiger partial charge is 0.236 e. The maximum atomic E-state index is 12.9. The van der Waals surface area contributed by atoms with Crippen molar-refractivity contribution in [3.8, 4) is 5.75 Å². The van der Waals surface area contributed by atoms with Crippen molar-refractivity contribution in [2.45, 2.75) is 37.9 Å². The Morgan fingerprint density at radius 1 is 1.17 bits per heavy atom. The zero-order valence-corrected chi connectivity index (χ0v) is 13.9. The van der Waals surface area contributed by atoms with Gasteiger partial charge in [0.1, 0.15) is 17.7 Å². The van der Waals surface area contributed by atoms with Crippen molar-refractivity contribution in [3.05, 3.63) is 30.1 Å². The molecule has 0 radical (unpaired) electrons. The Bertz CT molecular complexity index is 544. The Hall–Kier alpha value is -1.66. The number of β-amino-alcohol motifs (C(OH)–C–C–N with tert-alkyl or cyclic N) is 1. The van der Waals surface area contributed by atoms with Crippen LogP contribution in [0.5, 0.6) is 5.75 Å². The number of aliphatic hydroxyl groups excluding tert-OH is 1. The van der Waals surface area contributed by atoms with E-state index in [0.29, 0.717) is 31.9 Å². The maximum Gasteiger partial charge on any atom is 0.236 e. The van der Waals surface area contributed by atoms with Gasteiger partial charge in [-0.25, -0.2) is 4.39 Å². The minimum absolute atomic E-state index is 0.0660. The lowest BCUT2D eigenvalue weighted by Crippen LogP contribution is -2.48. The van der Waals surface area contributed by atoms with Crippen molar-refractivity contribution < 1.29 is 19.0 Å². The first-order chi connectivity index (χ1) is 11.6. The lowest BCUT2D eigenvalue weighted by molar-refractivity contribution is -0.134. The average Bonchev–Trinajstić information content (AvgIpc) is 2.57. The number of benzene rings is 1. The first-order valence-electron chi connectivity index (χ1n) is 8.70. The molecule has 3 rings (SSSR count). The predicted molar refractivity (Wildman–Crippen MR) is 88.3 cm³/mol. The van der Waals surface area contributed by atoms with Gasteiger partial charge in [-0.2, -0.15) is 0 Å². The molecule has 1 N–H and O–H groups in total. The molecule has 2 aliphatic heterocycles. The Kier molecular flexibility index (Phi) is 5.68. The first-order valence-corrected chi connectivity index (χ1v) is 8.70. The summed E-state index contributed by atoms with van der Waals surface area (Å²) in [6.07, 6.45) is 3.11. The van der Waals surface area contributed by atoms with Crippen molar-refractivity contribution in [1.82, 2.24) is 9.80 Å². The number of ether oxygens (including phenoxy) is 1. The van der Waals surface area contributed by atoms with Gasteiger partial charge >= 0.3 is 0 Å². The highest BCUT2D eigenvalue weighted by Gasteiger charge is 2.26. The van der Waals surface area contributed by atoms with E-state index in [1.807, 2.05) is 9.80 Å². The maximum absolute atomic E-state index is 12.9. The predicted octanol–water partition coefficient (Wildman–Crippen LogP) is 1.65. The van der Waals surface area contributed by atoms with Gasteiger partial charge in [-0.1, -0.05) is 0 Å². The summed E-state index contributed by atoms with van der Waals surface area (Å²) in [6, 6.07) is 6.05.